The summed E-state index contributed by atoms with van der Waals surface area (Å²) in [5.74, 6) is -2.06. The summed E-state index contributed by atoms with van der Waals surface area (Å²) in [4.78, 5) is 27.6. The number of aryl methyl sites for hydroxylation is 1. The number of thiazole rings is 1. The molecule has 104 valence electrons. The van der Waals surface area contributed by atoms with Gasteiger partial charge in [0.2, 0.25) is 5.91 Å². The number of hydrogen-bond donors (Lipinski definition) is 2. The number of nitrogens with zero attached hydrogens (tertiary/aromatic N) is 1. The number of carboxylic acid groups (broad SMARTS) is 1. The summed E-state index contributed by atoms with van der Waals surface area (Å²) in [6.07, 6.45) is 3.87. The minimum absolute atomic E-state index is 0.205. The monoisotopic (exact) mass is 282 g/mol. The zero-order valence-corrected chi connectivity index (χ0v) is 11.7. The lowest BCUT2D eigenvalue weighted by Crippen LogP contribution is -2.36. The maximum atomic E-state index is 12.2. The van der Waals surface area contributed by atoms with Crippen LogP contribution in [0.4, 0.5) is 5.13 Å². The van der Waals surface area contributed by atoms with Gasteiger partial charge in [0.15, 0.2) is 5.13 Å². The van der Waals surface area contributed by atoms with Gasteiger partial charge in [0.05, 0.1) is 17.5 Å². The van der Waals surface area contributed by atoms with Crippen LogP contribution in [0.2, 0.25) is 0 Å². The lowest BCUT2D eigenvalue weighted by Gasteiger charge is -2.26. The van der Waals surface area contributed by atoms with E-state index in [-0.39, 0.29) is 5.91 Å². The molecule has 6 heteroatoms. The third-order valence-corrected chi connectivity index (χ3v) is 4.37. The quantitative estimate of drug-likeness (QED) is 0.889. The molecule has 0 aliphatic heterocycles. The predicted molar refractivity (Wildman–Crippen MR) is 73.2 cm³/mol. The fraction of sp³-hybridized carbons (Fsp3) is 0.615. The van der Waals surface area contributed by atoms with E-state index in [2.05, 4.69) is 10.3 Å². The first kappa shape index (κ1) is 14.0. The largest absolute Gasteiger partial charge is 0.481 e. The average molecular weight is 282 g/mol. The van der Waals surface area contributed by atoms with Crippen molar-refractivity contribution in [3.8, 4) is 0 Å². The van der Waals surface area contributed by atoms with Crippen LogP contribution >= 0.6 is 11.3 Å². The molecular weight excluding hydrogens is 264 g/mol. The van der Waals surface area contributed by atoms with Gasteiger partial charge in [0.25, 0.3) is 0 Å². The normalized spacial score (nSPS) is 23.0. The van der Waals surface area contributed by atoms with E-state index in [0.717, 1.165) is 25.0 Å². The first-order valence-corrected chi connectivity index (χ1v) is 7.48. The Kier molecular flexibility index (Phi) is 4.52. The third kappa shape index (κ3) is 3.32. The fourth-order valence-electron chi connectivity index (χ4n) is 2.47. The summed E-state index contributed by atoms with van der Waals surface area (Å²) in [6, 6.07) is 0. The van der Waals surface area contributed by atoms with Crippen molar-refractivity contribution in [3.05, 3.63) is 11.1 Å². The third-order valence-electron chi connectivity index (χ3n) is 3.56. The van der Waals surface area contributed by atoms with E-state index in [9.17, 15) is 14.7 Å². The summed E-state index contributed by atoms with van der Waals surface area (Å²) in [5.41, 5.74) is 0.943. The zero-order chi connectivity index (χ0) is 13.8. The second-order valence-electron chi connectivity index (χ2n) is 4.82. The molecule has 1 aliphatic rings. The Bertz CT molecular complexity index is 472. The van der Waals surface area contributed by atoms with Gasteiger partial charge in [-0.3, -0.25) is 9.59 Å². The molecule has 5 nitrogen and oxygen atoms in total. The SMILES string of the molecule is CCc1csc(NC(=O)C2CCCCC2C(=O)O)n1. The second kappa shape index (κ2) is 6.14. The van der Waals surface area contributed by atoms with Crippen LogP contribution in [0.5, 0.6) is 0 Å². The molecule has 1 aliphatic carbocycles. The Hall–Kier alpha value is -1.43. The van der Waals surface area contributed by atoms with Crippen LogP contribution in [0.25, 0.3) is 0 Å². The van der Waals surface area contributed by atoms with Gasteiger partial charge in [0, 0.05) is 5.38 Å². The maximum absolute atomic E-state index is 12.2. The van der Waals surface area contributed by atoms with E-state index in [4.69, 9.17) is 0 Å². The van der Waals surface area contributed by atoms with Crippen LogP contribution in [0.3, 0.4) is 0 Å². The fourth-order valence-corrected chi connectivity index (χ4v) is 3.26. The van der Waals surface area contributed by atoms with E-state index >= 15 is 0 Å². The number of anilines is 1. The van der Waals surface area contributed by atoms with Crippen LogP contribution in [-0.2, 0) is 16.0 Å². The van der Waals surface area contributed by atoms with Gasteiger partial charge < -0.3 is 10.4 Å². The highest BCUT2D eigenvalue weighted by Crippen LogP contribution is 2.31. The highest BCUT2D eigenvalue weighted by Gasteiger charge is 2.35. The highest BCUT2D eigenvalue weighted by molar-refractivity contribution is 7.13. The van der Waals surface area contributed by atoms with Crippen molar-refractivity contribution in [2.45, 2.75) is 39.0 Å². The Morgan fingerprint density at radius 1 is 1.42 bits per heavy atom. The zero-order valence-electron chi connectivity index (χ0n) is 10.9. The van der Waals surface area contributed by atoms with Crippen LogP contribution in [0.1, 0.15) is 38.3 Å². The van der Waals surface area contributed by atoms with E-state index < -0.39 is 17.8 Å². The molecule has 0 aromatic carbocycles. The first-order valence-electron chi connectivity index (χ1n) is 6.60. The summed E-state index contributed by atoms with van der Waals surface area (Å²) < 4.78 is 0. The molecule has 19 heavy (non-hydrogen) atoms. The Morgan fingerprint density at radius 2 is 2.11 bits per heavy atom. The molecule has 0 spiro atoms. The van der Waals surface area contributed by atoms with Gasteiger partial charge in [-0.25, -0.2) is 4.98 Å². The number of carbonyl (C=O) groups is 2. The number of carbonyl (C=O) groups excluding carboxylic acids is 1. The molecule has 2 N–H and O–H groups in total. The number of hydrogen-bond acceptors (Lipinski definition) is 4. The molecule has 0 bridgehead atoms. The van der Waals surface area contributed by atoms with Gasteiger partial charge >= 0.3 is 5.97 Å². The second-order valence-corrected chi connectivity index (χ2v) is 5.68. The number of carboxylic acids is 1. The van der Waals surface area contributed by atoms with Gasteiger partial charge in [-0.2, -0.15) is 0 Å². The predicted octanol–water partition coefficient (Wildman–Crippen LogP) is 2.54. The van der Waals surface area contributed by atoms with E-state index in [1.807, 2.05) is 12.3 Å². The van der Waals surface area contributed by atoms with Crippen molar-refractivity contribution in [1.29, 1.82) is 0 Å². The van der Waals surface area contributed by atoms with Crippen LogP contribution in [-0.4, -0.2) is 22.0 Å². The molecule has 2 atom stereocenters. The summed E-state index contributed by atoms with van der Waals surface area (Å²) in [5, 5.41) is 14.4. The standard InChI is InChI=1S/C13H18N2O3S/c1-2-8-7-19-13(14-8)15-11(16)9-5-3-4-6-10(9)12(17)18/h7,9-10H,2-6H2,1H3,(H,17,18)(H,14,15,16). The molecule has 0 saturated heterocycles. The Balaban J connectivity index is 2.03. The van der Waals surface area contributed by atoms with Crippen molar-refractivity contribution < 1.29 is 14.7 Å². The lowest BCUT2D eigenvalue weighted by atomic mass is 9.79. The van der Waals surface area contributed by atoms with E-state index in [1.165, 1.54) is 11.3 Å². The van der Waals surface area contributed by atoms with Crippen LogP contribution in [0.15, 0.2) is 5.38 Å². The van der Waals surface area contributed by atoms with E-state index in [1.54, 1.807) is 0 Å². The lowest BCUT2D eigenvalue weighted by molar-refractivity contribution is -0.147. The molecule has 2 rings (SSSR count). The maximum Gasteiger partial charge on any atom is 0.307 e. The van der Waals surface area contributed by atoms with Crippen LogP contribution < -0.4 is 5.32 Å². The smallest absolute Gasteiger partial charge is 0.307 e. The van der Waals surface area contributed by atoms with Gasteiger partial charge in [0.1, 0.15) is 0 Å². The molecule has 1 fully saturated rings. The minimum atomic E-state index is -0.867. The topological polar surface area (TPSA) is 79.3 Å². The van der Waals surface area contributed by atoms with Crippen LogP contribution in [0, 0.1) is 11.8 Å². The minimum Gasteiger partial charge on any atom is -0.481 e. The number of amides is 1. The average Bonchev–Trinajstić information content (AvgIpc) is 2.86. The number of aromatic nitrogens is 1. The summed E-state index contributed by atoms with van der Waals surface area (Å²) in [7, 11) is 0. The Labute approximate surface area is 116 Å². The first-order chi connectivity index (χ1) is 9.11. The number of rotatable bonds is 4. The molecular formula is C13H18N2O3S. The van der Waals surface area contributed by atoms with Gasteiger partial charge in [-0.1, -0.05) is 19.8 Å². The molecule has 1 saturated carbocycles. The Morgan fingerprint density at radius 3 is 2.68 bits per heavy atom. The van der Waals surface area contributed by atoms with Gasteiger partial charge in [-0.05, 0) is 19.3 Å². The summed E-state index contributed by atoms with van der Waals surface area (Å²) in [6.45, 7) is 2.00. The molecule has 2 unspecified atom stereocenters. The number of nitrogens with one attached hydrogen (secondary N) is 1. The van der Waals surface area contributed by atoms with Crippen molar-refractivity contribution >= 4 is 28.3 Å². The molecule has 0 radical (unpaired) electrons. The highest BCUT2D eigenvalue weighted by atomic mass is 32.1. The molecule has 1 heterocycles. The molecule has 1 aromatic heterocycles. The van der Waals surface area contributed by atoms with Gasteiger partial charge in [-0.15, -0.1) is 11.3 Å². The molecule has 1 aromatic rings. The van der Waals surface area contributed by atoms with E-state index in [0.29, 0.717) is 18.0 Å². The van der Waals surface area contributed by atoms with Crippen molar-refractivity contribution in [2.24, 2.45) is 11.8 Å². The van der Waals surface area contributed by atoms with Crippen molar-refractivity contribution in [2.75, 3.05) is 5.32 Å². The summed E-state index contributed by atoms with van der Waals surface area (Å²) >= 11 is 1.39. The van der Waals surface area contributed by atoms with Crippen molar-refractivity contribution in [3.63, 3.8) is 0 Å². The number of aliphatic carboxylic acids is 1. The van der Waals surface area contributed by atoms with Crippen molar-refractivity contribution in [1.82, 2.24) is 4.98 Å². The molecule has 1 amide bonds.